The van der Waals surface area contributed by atoms with Gasteiger partial charge in [-0.3, -0.25) is 9.80 Å². The minimum Gasteiger partial charge on any atom is -0.350 e. The molecule has 1 heterocycles. The molecular weight excluding hydrogens is 170 g/mol. The van der Waals surface area contributed by atoms with Crippen molar-refractivity contribution in [3.63, 3.8) is 0 Å². The van der Waals surface area contributed by atoms with E-state index in [0.29, 0.717) is 32.5 Å². The van der Waals surface area contributed by atoms with E-state index >= 15 is 0 Å². The Morgan fingerprint density at radius 2 is 2.08 bits per heavy atom. The summed E-state index contributed by atoms with van der Waals surface area (Å²) in [5, 5.41) is 3.32. The van der Waals surface area contributed by atoms with E-state index < -0.39 is 6.03 Å². The van der Waals surface area contributed by atoms with Crippen LogP contribution in [0.1, 0.15) is 19.8 Å². The summed E-state index contributed by atoms with van der Waals surface area (Å²) >= 11 is 0. The van der Waals surface area contributed by atoms with Crippen LogP contribution in [0.25, 0.3) is 0 Å². The number of nitrogens with zero attached hydrogens (tertiary/aromatic N) is 2. The lowest BCUT2D eigenvalue weighted by Crippen LogP contribution is -2.52. The van der Waals surface area contributed by atoms with Crippen LogP contribution in [0.15, 0.2) is 0 Å². The zero-order valence-electron chi connectivity index (χ0n) is 7.82. The molecule has 0 aromatic rings. The molecule has 5 nitrogen and oxygen atoms in total. The number of primary amides is 1. The second-order valence-corrected chi connectivity index (χ2v) is 3.05. The largest absolute Gasteiger partial charge is 0.350 e. The number of amides is 2. The van der Waals surface area contributed by atoms with E-state index in [-0.39, 0.29) is 5.78 Å². The molecule has 0 unspecified atom stereocenters. The predicted molar refractivity (Wildman–Crippen MR) is 47.8 cm³/mol. The number of hydrazine groups is 1. The molecule has 0 spiro atoms. The van der Waals surface area contributed by atoms with Crippen LogP contribution in [0.5, 0.6) is 0 Å². The summed E-state index contributed by atoms with van der Waals surface area (Å²) in [5.74, 6) is 0.261. The van der Waals surface area contributed by atoms with Gasteiger partial charge in [0.05, 0.1) is 0 Å². The predicted octanol–water partition coefficient (Wildman–Crippen LogP) is -0.0331. The second kappa shape index (κ2) is 4.23. The molecule has 1 saturated heterocycles. The molecule has 0 atom stereocenters. The van der Waals surface area contributed by atoms with Crippen molar-refractivity contribution in [1.82, 2.24) is 10.0 Å². The van der Waals surface area contributed by atoms with Crippen molar-refractivity contribution in [2.45, 2.75) is 19.8 Å². The number of hydrogen-bond acceptors (Lipinski definition) is 3. The van der Waals surface area contributed by atoms with Gasteiger partial charge in [-0.05, 0) is 6.92 Å². The highest BCUT2D eigenvalue weighted by molar-refractivity contribution is 5.79. The summed E-state index contributed by atoms with van der Waals surface area (Å²) in [6.07, 6.45) is 1.04. The number of Topliss-reactive ketones (excluding diaryl/α,β-unsaturated/α-hetero) is 1. The van der Waals surface area contributed by atoms with Gasteiger partial charge in [0.25, 0.3) is 0 Å². The second-order valence-electron chi connectivity index (χ2n) is 3.05. The van der Waals surface area contributed by atoms with Crippen molar-refractivity contribution < 1.29 is 9.59 Å². The average Bonchev–Trinajstić information content (AvgIpc) is 2.09. The number of urea groups is 1. The Hall–Kier alpha value is -1.10. The molecule has 1 aliphatic rings. The maximum atomic E-state index is 10.9. The maximum Gasteiger partial charge on any atom is 0.329 e. The van der Waals surface area contributed by atoms with E-state index in [0.717, 1.165) is 0 Å². The van der Waals surface area contributed by atoms with E-state index in [4.69, 9.17) is 5.73 Å². The fourth-order valence-electron chi connectivity index (χ4n) is 1.48. The summed E-state index contributed by atoms with van der Waals surface area (Å²) in [6, 6.07) is -0.447. The molecule has 1 fully saturated rings. The number of carbonyl (C=O) groups excluding carboxylic acids is 2. The number of rotatable bonds is 2. The topological polar surface area (TPSA) is 66.6 Å². The van der Waals surface area contributed by atoms with Crippen LogP contribution in [-0.4, -0.2) is 41.5 Å². The Morgan fingerprint density at radius 3 is 2.46 bits per heavy atom. The monoisotopic (exact) mass is 185 g/mol. The molecular formula is C8H15N3O2. The van der Waals surface area contributed by atoms with E-state index in [1.54, 1.807) is 0 Å². The van der Waals surface area contributed by atoms with Gasteiger partial charge in [0.15, 0.2) is 0 Å². The smallest absolute Gasteiger partial charge is 0.329 e. The lowest BCUT2D eigenvalue weighted by molar-refractivity contribution is -0.124. The van der Waals surface area contributed by atoms with Gasteiger partial charge in [-0.15, -0.1) is 0 Å². The molecule has 13 heavy (non-hydrogen) atoms. The lowest BCUT2D eigenvalue weighted by atomic mass is 10.1. The first-order chi connectivity index (χ1) is 6.15. The van der Waals surface area contributed by atoms with Gasteiger partial charge in [0.1, 0.15) is 5.78 Å². The zero-order valence-corrected chi connectivity index (χ0v) is 7.82. The van der Waals surface area contributed by atoms with Crippen molar-refractivity contribution in [1.29, 1.82) is 0 Å². The summed E-state index contributed by atoms with van der Waals surface area (Å²) < 4.78 is 0. The molecule has 2 amide bonds. The first-order valence-electron chi connectivity index (χ1n) is 4.48. The van der Waals surface area contributed by atoms with Crippen LogP contribution < -0.4 is 5.73 Å². The highest BCUT2D eigenvalue weighted by Gasteiger charge is 2.22. The van der Waals surface area contributed by atoms with Gasteiger partial charge >= 0.3 is 6.03 Å². The van der Waals surface area contributed by atoms with E-state index in [1.165, 1.54) is 5.01 Å². The summed E-state index contributed by atoms with van der Waals surface area (Å²) in [7, 11) is 0. The molecule has 0 saturated carbocycles. The van der Waals surface area contributed by atoms with Crippen LogP contribution in [0.4, 0.5) is 4.79 Å². The molecule has 0 aliphatic carbocycles. The van der Waals surface area contributed by atoms with Crippen molar-refractivity contribution in [2.24, 2.45) is 5.73 Å². The minimum atomic E-state index is -0.447. The minimum absolute atomic E-state index is 0.261. The van der Waals surface area contributed by atoms with Gasteiger partial charge in [-0.1, -0.05) is 0 Å². The van der Waals surface area contributed by atoms with Crippen molar-refractivity contribution in [3.8, 4) is 0 Å². The molecule has 0 radical (unpaired) electrons. The number of piperidine rings is 1. The standard InChI is InChI=1S/C8H15N3O2/c1-2-11(8(9)13)10-5-3-7(12)4-6-10/h2-6H2,1H3,(H2,9,13). The maximum absolute atomic E-state index is 10.9. The highest BCUT2D eigenvalue weighted by Crippen LogP contribution is 2.08. The molecule has 74 valence electrons. The highest BCUT2D eigenvalue weighted by atomic mass is 16.2. The van der Waals surface area contributed by atoms with Crippen LogP contribution in [0.2, 0.25) is 0 Å². The van der Waals surface area contributed by atoms with Gasteiger partial charge in [0, 0.05) is 32.5 Å². The number of ketones is 1. The first kappa shape index (κ1) is 9.98. The van der Waals surface area contributed by atoms with Crippen molar-refractivity contribution in [2.75, 3.05) is 19.6 Å². The van der Waals surface area contributed by atoms with E-state index in [2.05, 4.69) is 0 Å². The third kappa shape index (κ3) is 2.42. The normalized spacial score (nSPS) is 18.7. The average molecular weight is 185 g/mol. The molecule has 1 rings (SSSR count). The fourth-order valence-corrected chi connectivity index (χ4v) is 1.48. The van der Waals surface area contributed by atoms with E-state index in [9.17, 15) is 9.59 Å². The third-order valence-electron chi connectivity index (χ3n) is 2.19. The lowest BCUT2D eigenvalue weighted by Gasteiger charge is -2.34. The molecule has 5 heteroatoms. The third-order valence-corrected chi connectivity index (χ3v) is 2.19. The van der Waals surface area contributed by atoms with Crippen LogP contribution >= 0.6 is 0 Å². The molecule has 0 aromatic heterocycles. The Bertz CT molecular complexity index is 207. The van der Waals surface area contributed by atoms with Gasteiger partial charge in [0.2, 0.25) is 0 Å². The van der Waals surface area contributed by atoms with Gasteiger partial charge < -0.3 is 5.73 Å². The van der Waals surface area contributed by atoms with Crippen LogP contribution in [0, 0.1) is 0 Å². The molecule has 2 N–H and O–H groups in total. The Balaban J connectivity index is 2.50. The first-order valence-corrected chi connectivity index (χ1v) is 4.48. The fraction of sp³-hybridized carbons (Fsp3) is 0.750. The van der Waals surface area contributed by atoms with Gasteiger partial charge in [-0.25, -0.2) is 9.80 Å². The quantitative estimate of drug-likeness (QED) is 0.656. The van der Waals surface area contributed by atoms with Crippen LogP contribution in [0.3, 0.4) is 0 Å². The molecule has 0 aromatic carbocycles. The molecule has 1 aliphatic heterocycles. The summed E-state index contributed by atoms with van der Waals surface area (Å²) in [4.78, 5) is 21.9. The van der Waals surface area contributed by atoms with E-state index in [1.807, 2.05) is 11.9 Å². The zero-order chi connectivity index (χ0) is 9.84. The SMILES string of the molecule is CCN(C(N)=O)N1CCC(=O)CC1. The number of carbonyl (C=O) groups is 2. The summed E-state index contributed by atoms with van der Waals surface area (Å²) in [6.45, 7) is 3.63. The molecule has 0 bridgehead atoms. The van der Waals surface area contributed by atoms with Crippen LogP contribution in [-0.2, 0) is 4.79 Å². The Kier molecular flexibility index (Phi) is 3.25. The summed E-state index contributed by atoms with van der Waals surface area (Å²) in [5.41, 5.74) is 5.17. The Labute approximate surface area is 77.4 Å². The van der Waals surface area contributed by atoms with Gasteiger partial charge in [-0.2, -0.15) is 0 Å². The van der Waals surface area contributed by atoms with Crippen molar-refractivity contribution >= 4 is 11.8 Å². The number of hydrogen-bond donors (Lipinski definition) is 1. The van der Waals surface area contributed by atoms with Crippen molar-refractivity contribution in [3.05, 3.63) is 0 Å². The Morgan fingerprint density at radius 1 is 1.54 bits per heavy atom. The number of nitrogens with two attached hydrogens (primary N) is 1.